The smallest absolute Gasteiger partial charge is 0.270 e. The van der Waals surface area contributed by atoms with Crippen LogP contribution < -0.4 is 10.9 Å². The largest absolute Gasteiger partial charge is 0.468 e. The third kappa shape index (κ3) is 4.71. The van der Waals surface area contributed by atoms with Gasteiger partial charge in [-0.3, -0.25) is 25.3 Å². The molecule has 0 unspecified atom stereocenters. The highest BCUT2D eigenvalue weighted by Gasteiger charge is 2.12. The highest BCUT2D eigenvalue weighted by molar-refractivity contribution is 9.10. The van der Waals surface area contributed by atoms with Gasteiger partial charge >= 0.3 is 0 Å². The van der Waals surface area contributed by atoms with Gasteiger partial charge in [-0.15, -0.1) is 0 Å². The molecule has 0 radical (unpaired) electrons. The number of benzene rings is 1. The summed E-state index contributed by atoms with van der Waals surface area (Å²) < 4.78 is 5.87. The van der Waals surface area contributed by atoms with Crippen LogP contribution in [0.15, 0.2) is 51.6 Å². The molecule has 7 heteroatoms. The first-order valence-electron chi connectivity index (χ1n) is 6.61. The summed E-state index contributed by atoms with van der Waals surface area (Å²) in [4.78, 5) is 25.5. The molecule has 0 aliphatic heterocycles. The number of halogens is 1. The van der Waals surface area contributed by atoms with E-state index < -0.39 is 0 Å². The molecule has 2 rings (SSSR count). The second kappa shape index (κ2) is 7.77. The van der Waals surface area contributed by atoms with E-state index in [-0.39, 0.29) is 18.4 Å². The first-order valence-corrected chi connectivity index (χ1v) is 7.40. The van der Waals surface area contributed by atoms with Gasteiger partial charge in [-0.2, -0.15) is 0 Å². The normalized spacial score (nSPS) is 10.5. The average molecular weight is 366 g/mol. The summed E-state index contributed by atoms with van der Waals surface area (Å²) in [7, 11) is 1.79. The third-order valence-electron chi connectivity index (χ3n) is 2.85. The van der Waals surface area contributed by atoms with Gasteiger partial charge in [0, 0.05) is 4.47 Å². The Morgan fingerprint density at radius 1 is 1.18 bits per heavy atom. The molecule has 0 fully saturated rings. The predicted octanol–water partition coefficient (Wildman–Crippen LogP) is 1.94. The van der Waals surface area contributed by atoms with Crippen LogP contribution in [0.1, 0.15) is 16.1 Å². The zero-order chi connectivity index (χ0) is 15.9. The molecule has 6 nitrogen and oxygen atoms in total. The summed E-state index contributed by atoms with van der Waals surface area (Å²) in [5.74, 6) is 0.0801. The lowest BCUT2D eigenvalue weighted by atomic mass is 10.2. The van der Waals surface area contributed by atoms with Gasteiger partial charge in [0.2, 0.25) is 0 Å². The molecule has 0 saturated heterocycles. The molecule has 2 aromatic rings. The van der Waals surface area contributed by atoms with Crippen molar-refractivity contribution in [2.75, 3.05) is 13.6 Å². The monoisotopic (exact) mass is 365 g/mol. The molecule has 2 N–H and O–H groups in total. The number of likely N-dealkylation sites (N-methyl/N-ethyl adjacent to an activating group) is 1. The number of carbonyl (C=O) groups is 2. The Morgan fingerprint density at radius 3 is 2.64 bits per heavy atom. The van der Waals surface area contributed by atoms with Crippen LogP contribution in [0.25, 0.3) is 0 Å². The van der Waals surface area contributed by atoms with Gasteiger partial charge in [-0.1, -0.05) is 12.1 Å². The van der Waals surface area contributed by atoms with Crippen molar-refractivity contribution < 1.29 is 14.0 Å². The molecule has 0 bridgehead atoms. The Balaban J connectivity index is 1.78. The zero-order valence-corrected chi connectivity index (χ0v) is 13.6. The number of nitrogens with one attached hydrogen (secondary N) is 2. The second-order valence-corrected chi connectivity index (χ2v) is 5.59. The van der Waals surface area contributed by atoms with E-state index in [0.717, 1.165) is 5.76 Å². The predicted molar refractivity (Wildman–Crippen MR) is 84.8 cm³/mol. The Labute approximate surface area is 136 Å². The molecule has 1 heterocycles. The molecular formula is C15H16BrN3O3. The lowest BCUT2D eigenvalue weighted by Crippen LogP contribution is -2.45. The van der Waals surface area contributed by atoms with E-state index in [1.807, 2.05) is 12.1 Å². The van der Waals surface area contributed by atoms with Crippen molar-refractivity contribution >= 4 is 27.7 Å². The van der Waals surface area contributed by atoms with Crippen LogP contribution in [0, 0.1) is 0 Å². The van der Waals surface area contributed by atoms with Gasteiger partial charge in [-0.25, -0.2) is 0 Å². The van der Waals surface area contributed by atoms with Gasteiger partial charge in [0.25, 0.3) is 11.8 Å². The van der Waals surface area contributed by atoms with Gasteiger partial charge in [0.1, 0.15) is 5.76 Å². The first kappa shape index (κ1) is 16.3. The number of furan rings is 1. The minimum atomic E-state index is -0.380. The average Bonchev–Trinajstić information content (AvgIpc) is 2.98. The van der Waals surface area contributed by atoms with E-state index >= 15 is 0 Å². The number of hydrazine groups is 1. The van der Waals surface area contributed by atoms with E-state index in [1.165, 1.54) is 0 Å². The molecule has 0 atom stereocenters. The number of hydrogen-bond donors (Lipinski definition) is 2. The molecule has 0 aliphatic carbocycles. The van der Waals surface area contributed by atoms with Gasteiger partial charge in [-0.05, 0) is 47.2 Å². The Bertz CT molecular complexity index is 643. The topological polar surface area (TPSA) is 74.6 Å². The Morgan fingerprint density at radius 2 is 1.95 bits per heavy atom. The van der Waals surface area contributed by atoms with Crippen LogP contribution >= 0.6 is 15.9 Å². The maximum atomic E-state index is 11.9. The van der Waals surface area contributed by atoms with Crippen molar-refractivity contribution in [3.8, 4) is 0 Å². The number of hydrogen-bond acceptors (Lipinski definition) is 4. The summed E-state index contributed by atoms with van der Waals surface area (Å²) >= 11 is 3.29. The lowest BCUT2D eigenvalue weighted by molar-refractivity contribution is -0.122. The maximum Gasteiger partial charge on any atom is 0.270 e. The van der Waals surface area contributed by atoms with Crippen molar-refractivity contribution in [2.45, 2.75) is 6.54 Å². The van der Waals surface area contributed by atoms with Crippen LogP contribution in [-0.2, 0) is 11.3 Å². The molecule has 0 aliphatic rings. The third-order valence-corrected chi connectivity index (χ3v) is 3.54. The lowest BCUT2D eigenvalue weighted by Gasteiger charge is -2.15. The van der Waals surface area contributed by atoms with Crippen molar-refractivity contribution in [1.82, 2.24) is 15.8 Å². The van der Waals surface area contributed by atoms with Crippen LogP contribution in [-0.4, -0.2) is 30.3 Å². The fourth-order valence-electron chi connectivity index (χ4n) is 1.85. The van der Waals surface area contributed by atoms with Crippen LogP contribution in [0.5, 0.6) is 0 Å². The first-order chi connectivity index (χ1) is 10.6. The molecule has 0 spiro atoms. The SMILES string of the molecule is CN(CC(=O)NNC(=O)c1ccccc1Br)Cc1ccco1. The van der Waals surface area contributed by atoms with E-state index in [2.05, 4.69) is 26.8 Å². The molecule has 2 amide bonds. The number of amides is 2. The quantitative estimate of drug-likeness (QED) is 0.794. The molecule has 22 heavy (non-hydrogen) atoms. The maximum absolute atomic E-state index is 11.9. The number of rotatable bonds is 5. The van der Waals surface area contributed by atoms with E-state index in [9.17, 15) is 9.59 Å². The van der Waals surface area contributed by atoms with Crippen molar-refractivity contribution in [3.05, 3.63) is 58.5 Å². The standard InChI is InChI=1S/C15H16BrN3O3/c1-19(9-11-5-4-8-22-11)10-14(20)17-18-15(21)12-6-2-3-7-13(12)16/h2-8H,9-10H2,1H3,(H,17,20)(H,18,21). The van der Waals surface area contributed by atoms with Crippen LogP contribution in [0.3, 0.4) is 0 Å². The van der Waals surface area contributed by atoms with E-state index in [0.29, 0.717) is 16.6 Å². The summed E-state index contributed by atoms with van der Waals surface area (Å²) in [6, 6.07) is 10.6. The van der Waals surface area contributed by atoms with E-state index in [1.54, 1.807) is 42.5 Å². The highest BCUT2D eigenvalue weighted by Crippen LogP contribution is 2.15. The highest BCUT2D eigenvalue weighted by atomic mass is 79.9. The number of carbonyl (C=O) groups excluding carboxylic acids is 2. The molecule has 0 saturated carbocycles. The molecule has 1 aromatic carbocycles. The van der Waals surface area contributed by atoms with Gasteiger partial charge in [0.05, 0.1) is 24.9 Å². The number of nitrogens with zero attached hydrogens (tertiary/aromatic N) is 1. The second-order valence-electron chi connectivity index (χ2n) is 4.73. The zero-order valence-electron chi connectivity index (χ0n) is 12.0. The fraction of sp³-hybridized carbons (Fsp3) is 0.200. The van der Waals surface area contributed by atoms with Crippen molar-refractivity contribution in [1.29, 1.82) is 0 Å². The van der Waals surface area contributed by atoms with Crippen molar-refractivity contribution in [2.24, 2.45) is 0 Å². The fourth-order valence-corrected chi connectivity index (χ4v) is 2.31. The molecule has 116 valence electrons. The summed E-state index contributed by atoms with van der Waals surface area (Å²) in [5, 5.41) is 0. The van der Waals surface area contributed by atoms with Gasteiger partial charge < -0.3 is 4.42 Å². The Hall–Kier alpha value is -2.12. The Kier molecular flexibility index (Phi) is 5.74. The minimum absolute atomic E-state index is 0.136. The van der Waals surface area contributed by atoms with Crippen molar-refractivity contribution in [3.63, 3.8) is 0 Å². The molecular weight excluding hydrogens is 350 g/mol. The van der Waals surface area contributed by atoms with Crippen LogP contribution in [0.2, 0.25) is 0 Å². The summed E-state index contributed by atoms with van der Waals surface area (Å²) in [5.41, 5.74) is 5.22. The van der Waals surface area contributed by atoms with E-state index in [4.69, 9.17) is 4.42 Å². The summed E-state index contributed by atoms with van der Waals surface area (Å²) in [6.07, 6.45) is 1.58. The minimum Gasteiger partial charge on any atom is -0.468 e. The molecule has 1 aromatic heterocycles. The van der Waals surface area contributed by atoms with Gasteiger partial charge in [0.15, 0.2) is 0 Å². The van der Waals surface area contributed by atoms with Crippen LogP contribution in [0.4, 0.5) is 0 Å². The summed E-state index contributed by atoms with van der Waals surface area (Å²) in [6.45, 7) is 0.648.